The van der Waals surface area contributed by atoms with Crippen LogP contribution in [0.15, 0.2) is 35.9 Å². The van der Waals surface area contributed by atoms with E-state index in [0.29, 0.717) is 11.3 Å². The smallest absolute Gasteiger partial charge is 0.421 e. The number of benzene rings is 1. The quantitative estimate of drug-likeness (QED) is 0.540. The molecule has 0 saturated carbocycles. The summed E-state index contributed by atoms with van der Waals surface area (Å²) in [5.41, 5.74) is -0.757. The van der Waals surface area contributed by atoms with Crippen LogP contribution < -0.4 is 4.90 Å². The Hall–Kier alpha value is -2.63. The van der Waals surface area contributed by atoms with Crippen molar-refractivity contribution < 1.29 is 23.9 Å². The van der Waals surface area contributed by atoms with Crippen molar-refractivity contribution in [2.45, 2.75) is 38.7 Å². The number of nitrogens with zero attached hydrogens (tertiary/aromatic N) is 1. The van der Waals surface area contributed by atoms with Crippen LogP contribution in [0.1, 0.15) is 33.3 Å². The van der Waals surface area contributed by atoms with Crippen molar-refractivity contribution in [3.63, 3.8) is 0 Å². The van der Waals surface area contributed by atoms with Gasteiger partial charge >= 0.3 is 12.1 Å². The summed E-state index contributed by atoms with van der Waals surface area (Å²) in [7, 11) is 0. The molecule has 126 valence electrons. The lowest BCUT2D eigenvalue weighted by Crippen LogP contribution is -2.46. The SMILES string of the molecule is C/C=C1\C(=O)OCC12C(=O)N(C(=O)OC(C)(C)C)c1ccccc12. The van der Waals surface area contributed by atoms with Gasteiger partial charge in [0.25, 0.3) is 5.91 Å². The van der Waals surface area contributed by atoms with Crippen molar-refractivity contribution in [2.24, 2.45) is 0 Å². The van der Waals surface area contributed by atoms with Gasteiger partial charge in [0, 0.05) is 5.56 Å². The van der Waals surface area contributed by atoms with Gasteiger partial charge < -0.3 is 9.47 Å². The first-order valence-electron chi connectivity index (χ1n) is 7.73. The molecule has 6 nitrogen and oxygen atoms in total. The van der Waals surface area contributed by atoms with Crippen molar-refractivity contribution in [1.82, 2.24) is 0 Å². The predicted octanol–water partition coefficient (Wildman–Crippen LogP) is 2.71. The Morgan fingerprint density at radius 3 is 2.58 bits per heavy atom. The molecule has 0 bridgehead atoms. The van der Waals surface area contributed by atoms with Crippen molar-refractivity contribution >= 4 is 23.7 Å². The van der Waals surface area contributed by atoms with Gasteiger partial charge in [0.2, 0.25) is 0 Å². The number of allylic oxidation sites excluding steroid dienone is 1. The molecule has 1 atom stereocenters. The maximum atomic E-state index is 13.2. The molecular weight excluding hydrogens is 310 g/mol. The van der Waals surface area contributed by atoms with Crippen LogP contribution in [0.4, 0.5) is 10.5 Å². The number of anilines is 1. The van der Waals surface area contributed by atoms with Gasteiger partial charge in [-0.2, -0.15) is 0 Å². The van der Waals surface area contributed by atoms with Crippen LogP contribution in [-0.2, 0) is 24.5 Å². The Labute approximate surface area is 140 Å². The molecule has 0 radical (unpaired) electrons. The van der Waals surface area contributed by atoms with Crippen LogP contribution in [0, 0.1) is 0 Å². The molecule has 3 rings (SSSR count). The minimum atomic E-state index is -1.28. The Morgan fingerprint density at radius 2 is 1.96 bits per heavy atom. The molecule has 1 unspecified atom stereocenters. The number of para-hydroxylation sites is 1. The van der Waals surface area contributed by atoms with Gasteiger partial charge in [-0.05, 0) is 33.8 Å². The van der Waals surface area contributed by atoms with E-state index in [-0.39, 0.29) is 12.2 Å². The van der Waals surface area contributed by atoms with Gasteiger partial charge in [-0.15, -0.1) is 0 Å². The molecule has 1 aromatic carbocycles. The van der Waals surface area contributed by atoms with Crippen LogP contribution in [0.3, 0.4) is 0 Å². The van der Waals surface area contributed by atoms with Gasteiger partial charge in [0.05, 0.1) is 11.3 Å². The molecule has 24 heavy (non-hydrogen) atoms. The standard InChI is InChI=1S/C18H19NO5/c1-5-11-14(20)23-10-18(11)12-8-6-7-9-13(12)19(15(18)21)16(22)24-17(2,3)4/h5-9H,10H2,1-4H3/b11-5+. The van der Waals surface area contributed by atoms with E-state index in [1.165, 1.54) is 0 Å². The molecule has 0 aromatic heterocycles. The van der Waals surface area contributed by atoms with Crippen molar-refractivity contribution in [1.29, 1.82) is 0 Å². The molecule has 1 aromatic rings. The van der Waals surface area contributed by atoms with Gasteiger partial charge in [0.1, 0.15) is 17.6 Å². The minimum Gasteiger partial charge on any atom is -0.460 e. The lowest BCUT2D eigenvalue weighted by Gasteiger charge is -2.25. The van der Waals surface area contributed by atoms with Crippen LogP contribution in [0.5, 0.6) is 0 Å². The van der Waals surface area contributed by atoms with Crippen molar-refractivity contribution in [3.8, 4) is 0 Å². The number of rotatable bonds is 0. The number of cyclic esters (lactones) is 1. The predicted molar refractivity (Wildman–Crippen MR) is 86.6 cm³/mol. The molecule has 0 aliphatic carbocycles. The highest BCUT2D eigenvalue weighted by molar-refractivity contribution is 6.25. The third-order valence-corrected chi connectivity index (χ3v) is 4.14. The van der Waals surface area contributed by atoms with E-state index in [1.807, 2.05) is 0 Å². The Balaban J connectivity index is 2.15. The van der Waals surface area contributed by atoms with E-state index < -0.39 is 29.0 Å². The van der Waals surface area contributed by atoms with Gasteiger partial charge in [-0.3, -0.25) is 4.79 Å². The zero-order valence-electron chi connectivity index (χ0n) is 14.1. The summed E-state index contributed by atoms with van der Waals surface area (Å²) in [6.45, 7) is 6.75. The summed E-state index contributed by atoms with van der Waals surface area (Å²) in [5, 5.41) is 0. The number of fused-ring (bicyclic) bond motifs is 2. The Kier molecular flexibility index (Phi) is 3.51. The highest BCUT2D eigenvalue weighted by Crippen LogP contribution is 2.49. The molecule has 0 N–H and O–H groups in total. The van der Waals surface area contributed by atoms with Crippen molar-refractivity contribution in [2.75, 3.05) is 11.5 Å². The first kappa shape index (κ1) is 16.2. The molecular formula is C18H19NO5. The number of amides is 2. The summed E-state index contributed by atoms with van der Waals surface area (Å²) in [6, 6.07) is 6.91. The van der Waals surface area contributed by atoms with Crippen molar-refractivity contribution in [3.05, 3.63) is 41.5 Å². The summed E-state index contributed by atoms with van der Waals surface area (Å²) in [4.78, 5) is 38.8. The monoisotopic (exact) mass is 329 g/mol. The van der Waals surface area contributed by atoms with E-state index in [1.54, 1.807) is 58.0 Å². The molecule has 2 aliphatic rings. The molecule has 1 saturated heterocycles. The Morgan fingerprint density at radius 1 is 1.29 bits per heavy atom. The van der Waals surface area contributed by atoms with Gasteiger partial charge in [-0.1, -0.05) is 24.3 Å². The van der Waals surface area contributed by atoms with E-state index in [0.717, 1.165) is 4.90 Å². The largest absolute Gasteiger partial charge is 0.460 e. The van der Waals surface area contributed by atoms with E-state index in [2.05, 4.69) is 0 Å². The number of esters is 1. The molecule has 2 aliphatic heterocycles. The maximum Gasteiger partial charge on any atom is 0.421 e. The fourth-order valence-electron chi connectivity index (χ4n) is 3.20. The maximum absolute atomic E-state index is 13.2. The fraction of sp³-hybridized carbons (Fsp3) is 0.389. The third kappa shape index (κ3) is 2.13. The van der Waals surface area contributed by atoms with Crippen LogP contribution in [0.2, 0.25) is 0 Å². The van der Waals surface area contributed by atoms with Gasteiger partial charge in [0.15, 0.2) is 0 Å². The van der Waals surface area contributed by atoms with E-state index in [9.17, 15) is 14.4 Å². The third-order valence-electron chi connectivity index (χ3n) is 4.14. The van der Waals surface area contributed by atoms with Crippen LogP contribution in [0.25, 0.3) is 0 Å². The van der Waals surface area contributed by atoms with E-state index >= 15 is 0 Å². The molecule has 2 amide bonds. The molecule has 2 heterocycles. The number of ether oxygens (including phenoxy) is 2. The lowest BCUT2D eigenvalue weighted by atomic mass is 9.77. The Bertz CT molecular complexity index is 774. The molecule has 6 heteroatoms. The molecule has 1 spiro atoms. The summed E-state index contributed by atoms with van der Waals surface area (Å²) in [5.74, 6) is -1.05. The van der Waals surface area contributed by atoms with E-state index in [4.69, 9.17) is 9.47 Å². The number of imide groups is 1. The number of carbonyl (C=O) groups excluding carboxylic acids is 3. The normalized spacial score (nSPS) is 24.5. The second-order valence-electron chi connectivity index (χ2n) is 6.82. The highest BCUT2D eigenvalue weighted by atomic mass is 16.6. The first-order chi connectivity index (χ1) is 11.2. The van der Waals surface area contributed by atoms with Gasteiger partial charge in [-0.25, -0.2) is 14.5 Å². The average molecular weight is 329 g/mol. The lowest BCUT2D eigenvalue weighted by molar-refractivity contribution is -0.135. The fourth-order valence-corrected chi connectivity index (χ4v) is 3.20. The second-order valence-corrected chi connectivity index (χ2v) is 6.82. The van der Waals surface area contributed by atoms with Crippen LogP contribution in [-0.4, -0.2) is 30.2 Å². The zero-order chi connectivity index (χ0) is 17.7. The number of carbonyl (C=O) groups is 3. The first-order valence-corrected chi connectivity index (χ1v) is 7.73. The summed E-state index contributed by atoms with van der Waals surface area (Å²) < 4.78 is 10.5. The number of hydrogen-bond acceptors (Lipinski definition) is 5. The zero-order valence-corrected chi connectivity index (χ0v) is 14.1. The average Bonchev–Trinajstić information content (AvgIpc) is 2.95. The van der Waals surface area contributed by atoms with Crippen LogP contribution >= 0.6 is 0 Å². The highest BCUT2D eigenvalue weighted by Gasteiger charge is 2.61. The second kappa shape index (κ2) is 5.19. The summed E-state index contributed by atoms with van der Waals surface area (Å²) >= 11 is 0. The number of hydrogen-bond donors (Lipinski definition) is 0. The summed E-state index contributed by atoms with van der Waals surface area (Å²) in [6.07, 6.45) is 0.814. The minimum absolute atomic E-state index is 0.110. The topological polar surface area (TPSA) is 72.9 Å². The molecule has 1 fully saturated rings.